The first-order valence-corrected chi connectivity index (χ1v) is 12.0. The molecule has 0 spiro atoms. The van der Waals surface area contributed by atoms with Crippen molar-refractivity contribution in [3.8, 4) is 5.75 Å². The van der Waals surface area contributed by atoms with E-state index in [-0.39, 0.29) is 35.9 Å². The van der Waals surface area contributed by atoms with E-state index in [0.717, 1.165) is 12.8 Å². The molecule has 174 valence electrons. The fraction of sp³-hybridized carbons (Fsp3) is 0.318. The molecule has 0 atom stereocenters. The molecule has 2 aromatic rings. The van der Waals surface area contributed by atoms with Gasteiger partial charge >= 0.3 is 0 Å². The maximum absolute atomic E-state index is 12.6. The van der Waals surface area contributed by atoms with Crippen LogP contribution in [0.25, 0.3) is 0 Å². The summed E-state index contributed by atoms with van der Waals surface area (Å²) in [4.78, 5) is 38.3. The summed E-state index contributed by atoms with van der Waals surface area (Å²) in [6.07, 6.45) is 1.64. The van der Waals surface area contributed by atoms with E-state index in [0.29, 0.717) is 24.5 Å². The van der Waals surface area contributed by atoms with Crippen molar-refractivity contribution < 1.29 is 27.5 Å². The van der Waals surface area contributed by atoms with Gasteiger partial charge in [0.05, 0.1) is 10.6 Å². The number of amides is 3. The molecule has 0 bridgehead atoms. The zero-order valence-electron chi connectivity index (χ0n) is 17.8. The number of carbonyl (C=O) groups is 3. The van der Waals surface area contributed by atoms with Crippen LogP contribution in [0.5, 0.6) is 5.75 Å². The quantitative estimate of drug-likeness (QED) is 0.606. The van der Waals surface area contributed by atoms with Gasteiger partial charge in [0.2, 0.25) is 15.9 Å². The van der Waals surface area contributed by atoms with Crippen molar-refractivity contribution in [2.45, 2.75) is 24.2 Å². The van der Waals surface area contributed by atoms with Gasteiger partial charge in [0.15, 0.2) is 6.61 Å². The first kappa shape index (κ1) is 22.7. The van der Waals surface area contributed by atoms with E-state index >= 15 is 0 Å². The number of nitrogens with one attached hydrogen (secondary N) is 2. The summed E-state index contributed by atoms with van der Waals surface area (Å²) in [5.41, 5.74) is 5.41. The van der Waals surface area contributed by atoms with Gasteiger partial charge in [0.25, 0.3) is 11.8 Å². The molecule has 2 aromatic carbocycles. The summed E-state index contributed by atoms with van der Waals surface area (Å²) in [6.45, 7) is 1.03. The second kappa shape index (κ2) is 9.59. The van der Waals surface area contributed by atoms with Crippen LogP contribution in [-0.2, 0) is 19.6 Å². The van der Waals surface area contributed by atoms with Crippen molar-refractivity contribution in [3.05, 3.63) is 54.1 Å². The number of benzene rings is 2. The lowest BCUT2D eigenvalue weighted by molar-refractivity contribution is -0.122. The summed E-state index contributed by atoms with van der Waals surface area (Å²) in [6, 6.07) is 12.6. The highest BCUT2D eigenvalue weighted by atomic mass is 32.2. The van der Waals surface area contributed by atoms with E-state index in [2.05, 4.69) is 10.9 Å². The molecule has 11 heteroatoms. The van der Waals surface area contributed by atoms with Crippen LogP contribution in [0.3, 0.4) is 0 Å². The number of hydrogen-bond donors (Lipinski definition) is 2. The average molecular weight is 473 g/mol. The Morgan fingerprint density at radius 2 is 1.67 bits per heavy atom. The molecule has 1 saturated heterocycles. The van der Waals surface area contributed by atoms with Gasteiger partial charge in [-0.1, -0.05) is 12.1 Å². The lowest BCUT2D eigenvalue weighted by Crippen LogP contribution is -2.44. The van der Waals surface area contributed by atoms with Crippen LogP contribution in [0.2, 0.25) is 0 Å². The molecule has 0 aliphatic carbocycles. The lowest BCUT2D eigenvalue weighted by Gasteiger charge is -2.29. The minimum Gasteiger partial charge on any atom is -0.482 e. The molecule has 0 unspecified atom stereocenters. The van der Waals surface area contributed by atoms with Crippen LogP contribution in [0, 0.1) is 0 Å². The number of fused-ring (bicyclic) bond motifs is 1. The second-order valence-electron chi connectivity index (χ2n) is 7.69. The van der Waals surface area contributed by atoms with Crippen molar-refractivity contribution in [3.63, 3.8) is 0 Å². The number of para-hydroxylation sites is 2. The first-order chi connectivity index (χ1) is 15.9. The minimum atomic E-state index is -3.56. The fourth-order valence-corrected chi connectivity index (χ4v) is 5.25. The standard InChI is InChI=1S/C22H24N4O6S/c27-20(11-14-26-18-5-1-2-6-19(18)32-15-21(26)28)23-24-22(29)16-7-9-17(10-8-16)33(30,31)25-12-3-4-13-25/h1-2,5-10H,3-4,11-15H2,(H,23,27)(H,24,29). The molecule has 2 aliphatic heterocycles. The van der Waals surface area contributed by atoms with Crippen LogP contribution in [0.4, 0.5) is 5.69 Å². The molecule has 3 amide bonds. The van der Waals surface area contributed by atoms with E-state index in [1.807, 2.05) is 0 Å². The number of anilines is 1. The summed E-state index contributed by atoms with van der Waals surface area (Å²) in [5, 5.41) is 0. The first-order valence-electron chi connectivity index (χ1n) is 10.6. The van der Waals surface area contributed by atoms with Gasteiger partial charge in [-0.2, -0.15) is 4.31 Å². The second-order valence-corrected chi connectivity index (χ2v) is 9.63. The number of rotatable bonds is 6. The summed E-state index contributed by atoms with van der Waals surface area (Å²) < 4.78 is 31.9. The number of hydrazine groups is 1. The van der Waals surface area contributed by atoms with Crippen molar-refractivity contribution in [2.24, 2.45) is 0 Å². The predicted molar refractivity (Wildman–Crippen MR) is 119 cm³/mol. The van der Waals surface area contributed by atoms with E-state index in [4.69, 9.17) is 4.74 Å². The monoisotopic (exact) mass is 472 g/mol. The largest absolute Gasteiger partial charge is 0.482 e. The lowest BCUT2D eigenvalue weighted by atomic mass is 10.2. The van der Waals surface area contributed by atoms with Crippen LogP contribution in [0.1, 0.15) is 29.6 Å². The Hall–Kier alpha value is -3.44. The predicted octanol–water partition coefficient (Wildman–Crippen LogP) is 1.05. The molecular formula is C22H24N4O6S. The maximum Gasteiger partial charge on any atom is 0.269 e. The number of nitrogens with zero attached hydrogens (tertiary/aromatic N) is 2. The molecule has 10 nitrogen and oxygen atoms in total. The Balaban J connectivity index is 1.29. The third kappa shape index (κ3) is 4.99. The van der Waals surface area contributed by atoms with Gasteiger partial charge in [-0.15, -0.1) is 0 Å². The SMILES string of the molecule is O=C(CCN1C(=O)COc2ccccc21)NNC(=O)c1ccc(S(=O)(=O)N2CCCC2)cc1. The molecule has 0 aromatic heterocycles. The highest BCUT2D eigenvalue weighted by Gasteiger charge is 2.27. The van der Waals surface area contributed by atoms with Crippen LogP contribution < -0.4 is 20.5 Å². The van der Waals surface area contributed by atoms with Gasteiger partial charge in [0, 0.05) is 31.6 Å². The number of sulfonamides is 1. The normalized spacial score (nSPS) is 16.1. The smallest absolute Gasteiger partial charge is 0.269 e. The molecule has 0 radical (unpaired) electrons. The van der Waals surface area contributed by atoms with E-state index in [1.165, 1.54) is 33.5 Å². The molecule has 33 heavy (non-hydrogen) atoms. The highest BCUT2D eigenvalue weighted by molar-refractivity contribution is 7.89. The zero-order valence-corrected chi connectivity index (χ0v) is 18.6. The Morgan fingerprint density at radius 1 is 0.970 bits per heavy atom. The van der Waals surface area contributed by atoms with Gasteiger partial charge in [-0.25, -0.2) is 8.42 Å². The highest BCUT2D eigenvalue weighted by Crippen LogP contribution is 2.31. The fourth-order valence-electron chi connectivity index (χ4n) is 3.73. The summed E-state index contributed by atoms with van der Waals surface area (Å²) in [5.74, 6) is -0.745. The molecule has 0 saturated carbocycles. The molecule has 2 N–H and O–H groups in total. The van der Waals surface area contributed by atoms with Gasteiger partial charge in [0.1, 0.15) is 5.75 Å². The Kier molecular flexibility index (Phi) is 6.61. The molecule has 1 fully saturated rings. The Bertz CT molecular complexity index is 1160. The maximum atomic E-state index is 12.6. The number of ether oxygens (including phenoxy) is 1. The van der Waals surface area contributed by atoms with E-state index in [9.17, 15) is 22.8 Å². The summed E-state index contributed by atoms with van der Waals surface area (Å²) in [7, 11) is -3.56. The van der Waals surface area contributed by atoms with Gasteiger partial charge < -0.3 is 9.64 Å². The van der Waals surface area contributed by atoms with E-state index in [1.54, 1.807) is 24.3 Å². The summed E-state index contributed by atoms with van der Waals surface area (Å²) >= 11 is 0. The zero-order chi connectivity index (χ0) is 23.4. The third-order valence-electron chi connectivity index (χ3n) is 5.51. The number of carbonyl (C=O) groups excluding carboxylic acids is 3. The van der Waals surface area contributed by atoms with E-state index < -0.39 is 21.8 Å². The van der Waals surface area contributed by atoms with Crippen LogP contribution >= 0.6 is 0 Å². The van der Waals surface area contributed by atoms with Crippen molar-refractivity contribution >= 4 is 33.4 Å². The molecule has 2 heterocycles. The molecule has 2 aliphatic rings. The third-order valence-corrected chi connectivity index (χ3v) is 7.42. The Morgan fingerprint density at radius 3 is 2.39 bits per heavy atom. The topological polar surface area (TPSA) is 125 Å². The van der Waals surface area contributed by atoms with Crippen molar-refractivity contribution in [1.29, 1.82) is 0 Å². The average Bonchev–Trinajstić information content (AvgIpc) is 3.38. The Labute approximate surface area is 191 Å². The van der Waals surface area contributed by atoms with Gasteiger partial charge in [-0.05, 0) is 49.2 Å². The molecule has 4 rings (SSSR count). The molecular weight excluding hydrogens is 448 g/mol. The minimum absolute atomic E-state index is 0.0344. The van der Waals surface area contributed by atoms with Crippen LogP contribution in [0.15, 0.2) is 53.4 Å². The van der Waals surface area contributed by atoms with Crippen molar-refractivity contribution in [2.75, 3.05) is 31.1 Å². The van der Waals surface area contributed by atoms with Crippen molar-refractivity contribution in [1.82, 2.24) is 15.2 Å². The van der Waals surface area contributed by atoms with Crippen LogP contribution in [-0.4, -0.2) is 56.7 Å². The number of hydrogen-bond acceptors (Lipinski definition) is 6. The van der Waals surface area contributed by atoms with Gasteiger partial charge in [-0.3, -0.25) is 25.2 Å².